The lowest BCUT2D eigenvalue weighted by atomic mass is 10.1. The lowest BCUT2D eigenvalue weighted by molar-refractivity contribution is 0.0951. The van der Waals surface area contributed by atoms with Crippen LogP contribution in [0.5, 0.6) is 0 Å². The number of anilines is 1. The van der Waals surface area contributed by atoms with Crippen LogP contribution in [0.4, 0.5) is 5.69 Å². The summed E-state index contributed by atoms with van der Waals surface area (Å²) in [5.41, 5.74) is 8.03. The van der Waals surface area contributed by atoms with Crippen LogP contribution < -0.4 is 11.1 Å². The zero-order chi connectivity index (χ0) is 14.2. The number of nitrogens with one attached hydrogen (secondary N) is 2. The monoisotopic (exact) mass is 289 g/mol. The molecule has 1 aliphatic heterocycles. The second-order valence-corrected chi connectivity index (χ2v) is 7.27. The molecule has 0 radical (unpaired) electrons. The van der Waals surface area contributed by atoms with Gasteiger partial charge in [0.05, 0.1) is 5.56 Å². The molecule has 1 atom stereocenters. The molecule has 5 heteroatoms. The predicted octanol–water partition coefficient (Wildman–Crippen LogP) is 2.77. The number of carbonyl (C=O) groups is 1. The number of nitrogens with two attached hydrogens (primary N) is 1. The van der Waals surface area contributed by atoms with Gasteiger partial charge in [-0.3, -0.25) is 4.79 Å². The highest BCUT2D eigenvalue weighted by molar-refractivity contribution is 8.00. The highest BCUT2D eigenvalue weighted by atomic mass is 32.2. The van der Waals surface area contributed by atoms with E-state index in [4.69, 9.17) is 5.73 Å². The minimum atomic E-state index is -0.0188. The molecule has 106 valence electrons. The summed E-state index contributed by atoms with van der Waals surface area (Å²) in [6, 6.07) is 5.56. The zero-order valence-electron chi connectivity index (χ0n) is 11.5. The standard InChI is InChI=1S/C15H19N3OS/c1-15(5-2-6-20-15)9-18-14(19)12-8-17-13-7-10(16)3-4-11(12)13/h3-4,7-8,17H,2,5-6,9,16H2,1H3,(H,18,19). The maximum absolute atomic E-state index is 12.3. The van der Waals surface area contributed by atoms with Crippen molar-refractivity contribution in [1.29, 1.82) is 0 Å². The molecule has 0 saturated carbocycles. The number of aromatic nitrogens is 1. The molecule has 1 aromatic carbocycles. The number of carbonyl (C=O) groups excluding carboxylic acids is 1. The molecule has 2 heterocycles. The Hall–Kier alpha value is -1.62. The van der Waals surface area contributed by atoms with Gasteiger partial charge in [-0.15, -0.1) is 0 Å². The topological polar surface area (TPSA) is 70.9 Å². The molecule has 1 fully saturated rings. The molecule has 0 spiro atoms. The molecule has 1 aliphatic rings. The van der Waals surface area contributed by atoms with Crippen molar-refractivity contribution < 1.29 is 4.79 Å². The van der Waals surface area contributed by atoms with Crippen molar-refractivity contribution in [3.05, 3.63) is 30.0 Å². The van der Waals surface area contributed by atoms with E-state index >= 15 is 0 Å². The first kappa shape index (κ1) is 13.4. The summed E-state index contributed by atoms with van der Waals surface area (Å²) in [6.45, 7) is 2.94. The maximum Gasteiger partial charge on any atom is 0.253 e. The molecule has 1 unspecified atom stereocenters. The molecular formula is C15H19N3OS. The quantitative estimate of drug-likeness (QED) is 0.761. The van der Waals surface area contributed by atoms with Gasteiger partial charge in [-0.05, 0) is 43.7 Å². The van der Waals surface area contributed by atoms with E-state index in [2.05, 4.69) is 17.2 Å². The van der Waals surface area contributed by atoms with Crippen LogP contribution in [0.3, 0.4) is 0 Å². The summed E-state index contributed by atoms with van der Waals surface area (Å²) in [7, 11) is 0. The first-order valence-electron chi connectivity index (χ1n) is 6.86. The SMILES string of the molecule is CC1(CNC(=O)c2c[nH]c3cc(N)ccc23)CCCS1. The minimum absolute atomic E-state index is 0.0188. The fraction of sp³-hybridized carbons (Fsp3) is 0.400. The molecule has 1 amide bonds. The van der Waals surface area contributed by atoms with Crippen LogP contribution >= 0.6 is 11.8 Å². The van der Waals surface area contributed by atoms with Gasteiger partial charge in [0.1, 0.15) is 0 Å². The number of benzene rings is 1. The van der Waals surface area contributed by atoms with Crippen molar-refractivity contribution in [1.82, 2.24) is 10.3 Å². The van der Waals surface area contributed by atoms with Gasteiger partial charge in [-0.2, -0.15) is 11.8 Å². The van der Waals surface area contributed by atoms with E-state index < -0.39 is 0 Å². The number of rotatable bonds is 3. The van der Waals surface area contributed by atoms with E-state index in [1.165, 1.54) is 18.6 Å². The number of fused-ring (bicyclic) bond motifs is 1. The van der Waals surface area contributed by atoms with Gasteiger partial charge in [0, 0.05) is 34.1 Å². The Morgan fingerprint density at radius 1 is 1.55 bits per heavy atom. The highest BCUT2D eigenvalue weighted by Crippen LogP contribution is 2.37. The molecule has 0 aliphatic carbocycles. The number of H-pyrrole nitrogens is 1. The van der Waals surface area contributed by atoms with E-state index in [0.29, 0.717) is 11.3 Å². The third-order valence-corrected chi connectivity index (χ3v) is 5.41. The number of thioether (sulfide) groups is 1. The molecule has 1 saturated heterocycles. The number of nitrogen functional groups attached to an aromatic ring is 1. The number of aromatic amines is 1. The first-order valence-corrected chi connectivity index (χ1v) is 7.85. The normalized spacial score (nSPS) is 22.2. The lowest BCUT2D eigenvalue weighted by Gasteiger charge is -2.22. The van der Waals surface area contributed by atoms with Gasteiger partial charge < -0.3 is 16.0 Å². The van der Waals surface area contributed by atoms with E-state index in [-0.39, 0.29) is 10.7 Å². The second kappa shape index (κ2) is 5.05. The summed E-state index contributed by atoms with van der Waals surface area (Å²) in [6.07, 6.45) is 4.16. The molecule has 20 heavy (non-hydrogen) atoms. The van der Waals surface area contributed by atoms with Gasteiger partial charge in [-0.25, -0.2) is 0 Å². The fourth-order valence-electron chi connectivity index (χ4n) is 2.67. The maximum atomic E-state index is 12.3. The number of hydrogen-bond acceptors (Lipinski definition) is 3. The van der Waals surface area contributed by atoms with Crippen molar-refractivity contribution in [3.63, 3.8) is 0 Å². The Morgan fingerprint density at radius 2 is 2.40 bits per heavy atom. The van der Waals surface area contributed by atoms with Crippen LogP contribution in [0.25, 0.3) is 10.9 Å². The Balaban J connectivity index is 1.75. The van der Waals surface area contributed by atoms with E-state index in [1.807, 2.05) is 30.0 Å². The summed E-state index contributed by atoms with van der Waals surface area (Å²) in [5, 5.41) is 3.98. The first-order chi connectivity index (χ1) is 9.57. The Kier molecular flexibility index (Phi) is 3.38. The summed E-state index contributed by atoms with van der Waals surface area (Å²) in [5.74, 6) is 1.17. The van der Waals surface area contributed by atoms with Gasteiger partial charge in [0.2, 0.25) is 0 Å². The van der Waals surface area contributed by atoms with Crippen molar-refractivity contribution in [3.8, 4) is 0 Å². The Morgan fingerprint density at radius 3 is 3.15 bits per heavy atom. The molecule has 3 rings (SSSR count). The van der Waals surface area contributed by atoms with Crippen LogP contribution in [-0.4, -0.2) is 27.9 Å². The number of amides is 1. The largest absolute Gasteiger partial charge is 0.399 e. The van der Waals surface area contributed by atoms with Crippen LogP contribution in [0.1, 0.15) is 30.1 Å². The van der Waals surface area contributed by atoms with Crippen LogP contribution in [0, 0.1) is 0 Å². The smallest absolute Gasteiger partial charge is 0.253 e. The Labute approximate surface area is 122 Å². The summed E-state index contributed by atoms with van der Waals surface area (Å²) >= 11 is 1.95. The van der Waals surface area contributed by atoms with Crippen LogP contribution in [0.15, 0.2) is 24.4 Å². The van der Waals surface area contributed by atoms with Crippen molar-refractivity contribution in [2.45, 2.75) is 24.5 Å². The van der Waals surface area contributed by atoms with Crippen molar-refractivity contribution in [2.75, 3.05) is 18.0 Å². The van der Waals surface area contributed by atoms with Crippen molar-refractivity contribution >= 4 is 34.3 Å². The molecule has 2 aromatic rings. The molecule has 4 nitrogen and oxygen atoms in total. The van der Waals surface area contributed by atoms with E-state index in [9.17, 15) is 4.79 Å². The summed E-state index contributed by atoms with van der Waals surface area (Å²) < 4.78 is 0.187. The predicted molar refractivity (Wildman–Crippen MR) is 85.1 cm³/mol. The molecule has 4 N–H and O–H groups in total. The average molecular weight is 289 g/mol. The third kappa shape index (κ3) is 2.50. The van der Waals surface area contributed by atoms with Gasteiger partial charge in [0.15, 0.2) is 0 Å². The van der Waals surface area contributed by atoms with Crippen molar-refractivity contribution in [2.24, 2.45) is 0 Å². The third-order valence-electron chi connectivity index (χ3n) is 3.87. The van der Waals surface area contributed by atoms with E-state index in [0.717, 1.165) is 17.4 Å². The fourth-order valence-corrected chi connectivity index (χ4v) is 3.91. The van der Waals surface area contributed by atoms with Gasteiger partial charge >= 0.3 is 0 Å². The molecule has 0 bridgehead atoms. The van der Waals surface area contributed by atoms with Gasteiger partial charge in [-0.1, -0.05) is 0 Å². The van der Waals surface area contributed by atoms with Crippen LogP contribution in [-0.2, 0) is 0 Å². The lowest BCUT2D eigenvalue weighted by Crippen LogP contribution is -2.36. The minimum Gasteiger partial charge on any atom is -0.399 e. The average Bonchev–Trinajstić information content (AvgIpc) is 3.02. The van der Waals surface area contributed by atoms with Gasteiger partial charge in [0.25, 0.3) is 5.91 Å². The van der Waals surface area contributed by atoms with Crippen LogP contribution in [0.2, 0.25) is 0 Å². The number of hydrogen-bond donors (Lipinski definition) is 3. The molecular weight excluding hydrogens is 270 g/mol. The zero-order valence-corrected chi connectivity index (χ0v) is 12.3. The Bertz CT molecular complexity index is 644. The highest BCUT2D eigenvalue weighted by Gasteiger charge is 2.30. The van der Waals surface area contributed by atoms with E-state index in [1.54, 1.807) is 6.20 Å². The summed E-state index contributed by atoms with van der Waals surface area (Å²) in [4.78, 5) is 15.4. The molecule has 1 aromatic heterocycles. The second-order valence-electron chi connectivity index (χ2n) is 5.59.